The Balaban J connectivity index is 1.63. The fraction of sp³-hybridized carbons (Fsp3) is 0.846. The summed E-state index contributed by atoms with van der Waals surface area (Å²) in [5, 5.41) is 7.40. The minimum absolute atomic E-state index is 0.521. The third-order valence-corrected chi connectivity index (χ3v) is 4.07. The summed E-state index contributed by atoms with van der Waals surface area (Å²) in [6.07, 6.45) is 8.89. The first-order chi connectivity index (χ1) is 8.35. The second kappa shape index (κ2) is 4.67. The lowest BCUT2D eigenvalue weighted by Crippen LogP contribution is -2.14. The van der Waals surface area contributed by atoms with E-state index in [0.717, 1.165) is 11.7 Å². The van der Waals surface area contributed by atoms with Gasteiger partial charge in [0.2, 0.25) is 0 Å². The van der Waals surface area contributed by atoms with E-state index in [0.29, 0.717) is 18.0 Å². The van der Waals surface area contributed by atoms with Crippen LogP contribution in [-0.4, -0.2) is 16.2 Å². The molecule has 0 bridgehead atoms. The van der Waals surface area contributed by atoms with Crippen LogP contribution in [0.1, 0.15) is 63.6 Å². The predicted molar refractivity (Wildman–Crippen MR) is 65.9 cm³/mol. The van der Waals surface area contributed by atoms with E-state index in [-0.39, 0.29) is 0 Å². The lowest BCUT2D eigenvalue weighted by molar-refractivity contribution is 0.300. The van der Waals surface area contributed by atoms with Crippen molar-refractivity contribution < 1.29 is 4.52 Å². The van der Waals surface area contributed by atoms with E-state index >= 15 is 0 Å². The number of hydrogen-bond donors (Lipinski definition) is 1. The van der Waals surface area contributed by atoms with Gasteiger partial charge in [0, 0.05) is 12.0 Å². The highest BCUT2D eigenvalue weighted by atomic mass is 16.5. The Morgan fingerprint density at radius 1 is 1.29 bits per heavy atom. The summed E-state index contributed by atoms with van der Waals surface area (Å²) in [6, 6.07) is 1.21. The molecule has 2 unspecified atom stereocenters. The SMILES string of the molecule is CCC1CCCC(c2noc(NC3CC3)n2)C1. The maximum atomic E-state index is 5.27. The van der Waals surface area contributed by atoms with Crippen LogP contribution in [0.4, 0.5) is 6.01 Å². The van der Waals surface area contributed by atoms with Crippen molar-refractivity contribution in [2.75, 3.05) is 5.32 Å². The number of nitrogens with one attached hydrogen (secondary N) is 1. The first-order valence-electron chi connectivity index (χ1n) is 6.95. The van der Waals surface area contributed by atoms with Crippen LogP contribution in [0.3, 0.4) is 0 Å². The zero-order chi connectivity index (χ0) is 11.7. The molecule has 0 aliphatic heterocycles. The van der Waals surface area contributed by atoms with E-state index in [1.54, 1.807) is 0 Å². The van der Waals surface area contributed by atoms with Gasteiger partial charge in [-0.3, -0.25) is 0 Å². The summed E-state index contributed by atoms with van der Waals surface area (Å²) < 4.78 is 5.27. The molecule has 0 radical (unpaired) electrons. The predicted octanol–water partition coefficient (Wildman–Crippen LogP) is 3.33. The molecule has 0 aromatic carbocycles. The molecule has 3 rings (SSSR count). The van der Waals surface area contributed by atoms with E-state index in [4.69, 9.17) is 4.52 Å². The molecular formula is C13H21N3O. The minimum atomic E-state index is 0.521. The smallest absolute Gasteiger partial charge is 0.321 e. The molecule has 2 fully saturated rings. The summed E-state index contributed by atoms with van der Waals surface area (Å²) in [5.41, 5.74) is 0. The third kappa shape index (κ3) is 2.61. The molecule has 1 N–H and O–H groups in total. The molecular weight excluding hydrogens is 214 g/mol. The van der Waals surface area contributed by atoms with Gasteiger partial charge < -0.3 is 9.84 Å². The monoisotopic (exact) mass is 235 g/mol. The van der Waals surface area contributed by atoms with Crippen LogP contribution in [-0.2, 0) is 0 Å². The summed E-state index contributed by atoms with van der Waals surface area (Å²) >= 11 is 0. The average molecular weight is 235 g/mol. The van der Waals surface area contributed by atoms with Crippen LogP contribution < -0.4 is 5.32 Å². The number of nitrogens with zero attached hydrogens (tertiary/aromatic N) is 2. The molecule has 0 saturated heterocycles. The van der Waals surface area contributed by atoms with Gasteiger partial charge in [-0.1, -0.05) is 31.3 Å². The molecule has 2 aliphatic rings. The number of aromatic nitrogens is 2. The Bertz CT molecular complexity index is 372. The molecule has 17 heavy (non-hydrogen) atoms. The molecule has 4 nitrogen and oxygen atoms in total. The Labute approximate surface area is 102 Å². The van der Waals surface area contributed by atoms with Crippen molar-refractivity contribution in [3.8, 4) is 0 Å². The van der Waals surface area contributed by atoms with Crippen molar-refractivity contribution >= 4 is 6.01 Å². The van der Waals surface area contributed by atoms with E-state index in [2.05, 4.69) is 22.4 Å². The lowest BCUT2D eigenvalue weighted by Gasteiger charge is -2.25. The zero-order valence-electron chi connectivity index (χ0n) is 10.5. The van der Waals surface area contributed by atoms with Gasteiger partial charge in [0.25, 0.3) is 0 Å². The maximum absolute atomic E-state index is 5.27. The highest BCUT2D eigenvalue weighted by Crippen LogP contribution is 2.36. The minimum Gasteiger partial charge on any atom is -0.335 e. The molecule has 2 saturated carbocycles. The largest absolute Gasteiger partial charge is 0.335 e. The van der Waals surface area contributed by atoms with Gasteiger partial charge in [-0.15, -0.1) is 0 Å². The summed E-state index contributed by atoms with van der Waals surface area (Å²) in [5.74, 6) is 2.30. The van der Waals surface area contributed by atoms with E-state index in [1.165, 1.54) is 44.9 Å². The Kier molecular flexibility index (Phi) is 3.04. The molecule has 1 aromatic rings. The van der Waals surface area contributed by atoms with E-state index in [9.17, 15) is 0 Å². The van der Waals surface area contributed by atoms with E-state index in [1.807, 2.05) is 0 Å². The quantitative estimate of drug-likeness (QED) is 0.869. The fourth-order valence-corrected chi connectivity index (χ4v) is 2.76. The van der Waals surface area contributed by atoms with Gasteiger partial charge in [0.15, 0.2) is 5.82 Å². The third-order valence-electron chi connectivity index (χ3n) is 4.07. The van der Waals surface area contributed by atoms with Crippen LogP contribution in [0.2, 0.25) is 0 Å². The first-order valence-corrected chi connectivity index (χ1v) is 6.95. The molecule has 2 aliphatic carbocycles. The van der Waals surface area contributed by atoms with Gasteiger partial charge in [0.05, 0.1) is 0 Å². The van der Waals surface area contributed by atoms with Crippen molar-refractivity contribution in [3.63, 3.8) is 0 Å². The van der Waals surface area contributed by atoms with Crippen molar-refractivity contribution in [2.45, 2.75) is 63.8 Å². The normalized spacial score (nSPS) is 29.2. The van der Waals surface area contributed by atoms with E-state index < -0.39 is 0 Å². The van der Waals surface area contributed by atoms with Gasteiger partial charge in [-0.2, -0.15) is 4.98 Å². The Hall–Kier alpha value is -1.06. The number of rotatable bonds is 4. The summed E-state index contributed by atoms with van der Waals surface area (Å²) in [4.78, 5) is 4.49. The van der Waals surface area contributed by atoms with Crippen LogP contribution >= 0.6 is 0 Å². The van der Waals surface area contributed by atoms with Gasteiger partial charge in [0.1, 0.15) is 0 Å². The van der Waals surface area contributed by atoms with Crippen molar-refractivity contribution in [2.24, 2.45) is 5.92 Å². The molecule has 1 heterocycles. The summed E-state index contributed by atoms with van der Waals surface area (Å²) in [7, 11) is 0. The first kappa shape index (κ1) is 11.1. The number of anilines is 1. The van der Waals surface area contributed by atoms with Crippen LogP contribution in [0.15, 0.2) is 4.52 Å². The molecule has 2 atom stereocenters. The zero-order valence-corrected chi connectivity index (χ0v) is 10.5. The Morgan fingerprint density at radius 2 is 2.18 bits per heavy atom. The van der Waals surface area contributed by atoms with Gasteiger partial charge >= 0.3 is 6.01 Å². The highest BCUT2D eigenvalue weighted by molar-refractivity contribution is 5.24. The van der Waals surface area contributed by atoms with Crippen molar-refractivity contribution in [3.05, 3.63) is 5.82 Å². The van der Waals surface area contributed by atoms with Crippen LogP contribution in [0, 0.1) is 5.92 Å². The maximum Gasteiger partial charge on any atom is 0.321 e. The highest BCUT2D eigenvalue weighted by Gasteiger charge is 2.27. The summed E-state index contributed by atoms with van der Waals surface area (Å²) in [6.45, 7) is 2.28. The molecule has 4 heteroatoms. The Morgan fingerprint density at radius 3 is 2.94 bits per heavy atom. The topological polar surface area (TPSA) is 51.0 Å². The molecule has 0 spiro atoms. The average Bonchev–Trinajstić information content (AvgIpc) is 3.05. The van der Waals surface area contributed by atoms with Crippen LogP contribution in [0.25, 0.3) is 0 Å². The second-order valence-corrected chi connectivity index (χ2v) is 5.51. The standard InChI is InChI=1S/C13H21N3O/c1-2-9-4-3-5-10(8-9)12-15-13(17-16-12)14-11-6-7-11/h9-11H,2-8H2,1H3,(H,14,15,16). The molecule has 94 valence electrons. The van der Waals surface area contributed by atoms with Crippen molar-refractivity contribution in [1.29, 1.82) is 0 Å². The molecule has 0 amide bonds. The van der Waals surface area contributed by atoms with Gasteiger partial charge in [-0.25, -0.2) is 0 Å². The van der Waals surface area contributed by atoms with Gasteiger partial charge in [-0.05, 0) is 31.6 Å². The van der Waals surface area contributed by atoms with Crippen LogP contribution in [0.5, 0.6) is 0 Å². The lowest BCUT2D eigenvalue weighted by atomic mass is 9.80. The number of hydrogen-bond acceptors (Lipinski definition) is 4. The second-order valence-electron chi connectivity index (χ2n) is 5.51. The van der Waals surface area contributed by atoms with Crippen molar-refractivity contribution in [1.82, 2.24) is 10.1 Å². The fourth-order valence-electron chi connectivity index (χ4n) is 2.76. The molecule has 1 aromatic heterocycles.